The summed E-state index contributed by atoms with van der Waals surface area (Å²) in [6, 6.07) is 20.4. The Labute approximate surface area is 155 Å². The van der Waals surface area contributed by atoms with E-state index in [2.05, 4.69) is 39.9 Å². The molecule has 0 amide bonds. The molecule has 6 nitrogen and oxygen atoms in total. The molecule has 4 N–H and O–H groups in total. The van der Waals surface area contributed by atoms with Crippen LogP contribution >= 0.6 is 0 Å². The number of benzene rings is 2. The van der Waals surface area contributed by atoms with Gasteiger partial charge in [0.15, 0.2) is 5.96 Å². The molecule has 2 rings (SSSR count). The second-order valence-electron chi connectivity index (χ2n) is 5.89. The zero-order valence-corrected chi connectivity index (χ0v) is 15.7. The lowest BCUT2D eigenvalue weighted by atomic mass is 9.91. The highest BCUT2D eigenvalue weighted by molar-refractivity contribution is 7.89. The number of hydrogen-bond acceptors (Lipinski definition) is 3. The van der Waals surface area contributed by atoms with Gasteiger partial charge >= 0.3 is 0 Å². The maximum Gasteiger partial charge on any atom is 0.210 e. The summed E-state index contributed by atoms with van der Waals surface area (Å²) in [5.74, 6) is 0.553. The van der Waals surface area contributed by atoms with E-state index in [-0.39, 0.29) is 18.2 Å². The van der Waals surface area contributed by atoms with Crippen molar-refractivity contribution in [1.29, 1.82) is 0 Å². The van der Waals surface area contributed by atoms with Crippen molar-refractivity contribution in [3.05, 3.63) is 71.8 Å². The third kappa shape index (κ3) is 6.85. The van der Waals surface area contributed by atoms with Crippen LogP contribution in [-0.4, -0.2) is 39.8 Å². The zero-order valence-electron chi connectivity index (χ0n) is 14.9. The molecule has 0 spiro atoms. The quantitative estimate of drug-likeness (QED) is 0.484. The Kier molecular flexibility index (Phi) is 7.62. The van der Waals surface area contributed by atoms with Gasteiger partial charge in [-0.15, -0.1) is 0 Å². The minimum atomic E-state index is -3.50. The summed E-state index contributed by atoms with van der Waals surface area (Å²) in [4.78, 5) is 4.64. The van der Waals surface area contributed by atoms with E-state index < -0.39 is 10.0 Å². The summed E-state index contributed by atoms with van der Waals surface area (Å²) >= 11 is 0. The van der Waals surface area contributed by atoms with Gasteiger partial charge in [-0.05, 0) is 18.1 Å². The minimum absolute atomic E-state index is 0.117. The molecule has 2 aromatic rings. The lowest BCUT2D eigenvalue weighted by Crippen LogP contribution is -2.40. The Morgan fingerprint density at radius 3 is 2.00 bits per heavy atom. The third-order valence-electron chi connectivity index (χ3n) is 3.86. The summed E-state index contributed by atoms with van der Waals surface area (Å²) in [5, 5.41) is 11.2. The minimum Gasteiger partial charge on any atom is -0.357 e. The molecule has 0 aliphatic rings. The largest absolute Gasteiger partial charge is 0.357 e. The van der Waals surface area contributed by atoms with E-state index in [4.69, 9.17) is 5.14 Å². The van der Waals surface area contributed by atoms with Crippen LogP contribution in [0.3, 0.4) is 0 Å². The van der Waals surface area contributed by atoms with E-state index in [1.807, 2.05) is 43.3 Å². The standard InChI is InChI=1S/C19H26N4O2S/c1-2-21-19(22-13-14-26(20,24)25)23-15-18(16-9-5-3-6-10-16)17-11-7-4-8-12-17/h3-12,18H,2,13-15H2,1H3,(H2,20,24,25)(H2,21,22,23). The molecule has 2 aromatic carbocycles. The molecule has 0 aliphatic carbocycles. The number of sulfonamides is 1. The van der Waals surface area contributed by atoms with E-state index >= 15 is 0 Å². The van der Waals surface area contributed by atoms with Crippen molar-refractivity contribution < 1.29 is 8.42 Å². The first-order valence-corrected chi connectivity index (χ1v) is 10.3. The molecule has 0 aliphatic heterocycles. The summed E-state index contributed by atoms with van der Waals surface area (Å²) in [6.07, 6.45) is 0. The smallest absolute Gasteiger partial charge is 0.210 e. The van der Waals surface area contributed by atoms with Crippen LogP contribution in [0.4, 0.5) is 0 Å². The van der Waals surface area contributed by atoms with Crippen molar-refractivity contribution >= 4 is 16.0 Å². The summed E-state index contributed by atoms with van der Waals surface area (Å²) in [5.41, 5.74) is 2.37. The SMILES string of the molecule is CCNC(=NCC(c1ccccc1)c1ccccc1)NCCS(N)(=O)=O. The highest BCUT2D eigenvalue weighted by Crippen LogP contribution is 2.24. The van der Waals surface area contributed by atoms with Gasteiger partial charge in [0.05, 0.1) is 12.3 Å². The Hall–Kier alpha value is -2.38. The summed E-state index contributed by atoms with van der Waals surface area (Å²) in [7, 11) is -3.50. The normalized spacial score (nSPS) is 12.2. The maximum atomic E-state index is 11.1. The number of nitrogens with zero attached hydrogens (tertiary/aromatic N) is 1. The van der Waals surface area contributed by atoms with Crippen molar-refractivity contribution in [3.63, 3.8) is 0 Å². The highest BCUT2D eigenvalue weighted by Gasteiger charge is 2.14. The number of nitrogens with two attached hydrogens (primary N) is 1. The fourth-order valence-corrected chi connectivity index (χ4v) is 3.00. The number of nitrogens with one attached hydrogen (secondary N) is 2. The van der Waals surface area contributed by atoms with Crippen LogP contribution in [0.5, 0.6) is 0 Å². The average Bonchev–Trinajstić information content (AvgIpc) is 2.62. The number of rotatable bonds is 8. The van der Waals surface area contributed by atoms with Gasteiger partial charge in [-0.2, -0.15) is 0 Å². The van der Waals surface area contributed by atoms with Gasteiger partial charge in [0.2, 0.25) is 10.0 Å². The van der Waals surface area contributed by atoms with Crippen LogP contribution in [0.2, 0.25) is 0 Å². The first-order valence-electron chi connectivity index (χ1n) is 8.62. The topological polar surface area (TPSA) is 96.6 Å². The number of primary sulfonamides is 1. The molecule has 0 radical (unpaired) electrons. The van der Waals surface area contributed by atoms with Crippen LogP contribution in [0.15, 0.2) is 65.7 Å². The van der Waals surface area contributed by atoms with Crippen molar-refractivity contribution in [2.45, 2.75) is 12.8 Å². The maximum absolute atomic E-state index is 11.1. The van der Waals surface area contributed by atoms with Gasteiger partial charge in [0, 0.05) is 19.0 Å². The van der Waals surface area contributed by atoms with E-state index in [1.165, 1.54) is 11.1 Å². The fraction of sp³-hybridized carbons (Fsp3) is 0.316. The van der Waals surface area contributed by atoms with Gasteiger partial charge in [-0.3, -0.25) is 4.99 Å². The lowest BCUT2D eigenvalue weighted by molar-refractivity contribution is 0.596. The second-order valence-corrected chi connectivity index (χ2v) is 7.62. The van der Waals surface area contributed by atoms with Gasteiger partial charge < -0.3 is 10.6 Å². The Morgan fingerprint density at radius 1 is 1.00 bits per heavy atom. The van der Waals surface area contributed by atoms with E-state index in [0.717, 1.165) is 0 Å². The van der Waals surface area contributed by atoms with Crippen molar-refractivity contribution in [2.75, 3.05) is 25.4 Å². The highest BCUT2D eigenvalue weighted by atomic mass is 32.2. The van der Waals surface area contributed by atoms with Crippen molar-refractivity contribution in [3.8, 4) is 0 Å². The molecule has 0 saturated carbocycles. The van der Waals surface area contributed by atoms with E-state index in [1.54, 1.807) is 0 Å². The zero-order chi connectivity index (χ0) is 18.8. The van der Waals surface area contributed by atoms with Gasteiger partial charge in [0.25, 0.3) is 0 Å². The lowest BCUT2D eigenvalue weighted by Gasteiger charge is -2.17. The predicted octanol–water partition coefficient (Wildman–Crippen LogP) is 1.66. The van der Waals surface area contributed by atoms with Crippen molar-refractivity contribution in [2.24, 2.45) is 10.1 Å². The molecule has 140 valence electrons. The number of aliphatic imine (C=N–C) groups is 1. The van der Waals surface area contributed by atoms with E-state index in [9.17, 15) is 8.42 Å². The predicted molar refractivity (Wildman–Crippen MR) is 107 cm³/mol. The third-order valence-corrected chi connectivity index (χ3v) is 4.63. The van der Waals surface area contributed by atoms with Crippen LogP contribution in [0, 0.1) is 0 Å². The van der Waals surface area contributed by atoms with Gasteiger partial charge in [-0.25, -0.2) is 13.6 Å². The Bertz CT molecular complexity index is 753. The van der Waals surface area contributed by atoms with Crippen molar-refractivity contribution in [1.82, 2.24) is 10.6 Å². The van der Waals surface area contributed by atoms with Crippen LogP contribution in [-0.2, 0) is 10.0 Å². The number of hydrogen-bond donors (Lipinski definition) is 3. The molecule has 26 heavy (non-hydrogen) atoms. The van der Waals surface area contributed by atoms with Gasteiger partial charge in [-0.1, -0.05) is 60.7 Å². The molecule has 0 fully saturated rings. The monoisotopic (exact) mass is 374 g/mol. The van der Waals surface area contributed by atoms with Crippen LogP contribution in [0.25, 0.3) is 0 Å². The molecule has 0 bridgehead atoms. The first-order chi connectivity index (χ1) is 12.5. The summed E-state index contributed by atoms with van der Waals surface area (Å²) in [6.45, 7) is 3.40. The molecule has 0 atom stereocenters. The Morgan fingerprint density at radius 2 is 1.54 bits per heavy atom. The fourth-order valence-electron chi connectivity index (χ4n) is 2.61. The average molecular weight is 375 g/mol. The molecular weight excluding hydrogens is 348 g/mol. The molecule has 0 aromatic heterocycles. The summed E-state index contributed by atoms with van der Waals surface area (Å²) < 4.78 is 22.2. The van der Waals surface area contributed by atoms with Gasteiger partial charge in [0.1, 0.15) is 0 Å². The van der Waals surface area contributed by atoms with E-state index in [0.29, 0.717) is 19.0 Å². The molecular formula is C19H26N4O2S. The van der Waals surface area contributed by atoms with Crippen LogP contribution < -0.4 is 15.8 Å². The molecule has 0 heterocycles. The Balaban J connectivity index is 2.15. The molecule has 7 heteroatoms. The van der Waals surface area contributed by atoms with Crippen LogP contribution in [0.1, 0.15) is 24.0 Å². The molecule has 0 unspecified atom stereocenters. The molecule has 0 saturated heterocycles. The first kappa shape index (κ1) is 19.9. The second kappa shape index (κ2) is 9.94. The number of guanidine groups is 1.